The third kappa shape index (κ3) is 12.7. The zero-order chi connectivity index (χ0) is 41.9. The van der Waals surface area contributed by atoms with Crippen LogP contribution in [0, 0.1) is 41.9 Å². The van der Waals surface area contributed by atoms with Crippen molar-refractivity contribution in [2.45, 2.75) is 157 Å². The van der Waals surface area contributed by atoms with Crippen molar-refractivity contribution in [3.8, 4) is 12.3 Å². The van der Waals surface area contributed by atoms with Gasteiger partial charge < -0.3 is 34.8 Å². The number of fused-ring (bicyclic) bond motifs is 1. The van der Waals surface area contributed by atoms with Crippen LogP contribution in [0.3, 0.4) is 0 Å². The van der Waals surface area contributed by atoms with Gasteiger partial charge in [0.15, 0.2) is 12.2 Å². The molecule has 0 bridgehead atoms. The van der Waals surface area contributed by atoms with E-state index in [2.05, 4.69) is 16.6 Å². The second kappa shape index (κ2) is 21.2. The third-order valence-electron chi connectivity index (χ3n) is 10.3. The molecule has 2 aliphatic heterocycles. The third-order valence-corrected chi connectivity index (χ3v) is 10.3. The van der Waals surface area contributed by atoms with Crippen LogP contribution in [0.1, 0.15) is 114 Å². The largest absolute Gasteiger partial charge is 0.452 e. The van der Waals surface area contributed by atoms with Gasteiger partial charge in [-0.25, -0.2) is 4.79 Å². The molecule has 2 fully saturated rings. The fraction of sp³-hybridized carbons (Fsp3) is 0.780. The van der Waals surface area contributed by atoms with Gasteiger partial charge in [0.1, 0.15) is 24.2 Å². The number of likely N-dealkylation sites (N-methyl/N-ethyl adjacent to an activating group) is 2. The van der Waals surface area contributed by atoms with Gasteiger partial charge in [-0.1, -0.05) is 69.2 Å². The number of cyclic esters (lactones) is 2. The molecule has 14 heteroatoms. The number of esters is 2. The van der Waals surface area contributed by atoms with Crippen LogP contribution in [0.4, 0.5) is 0 Å². The highest BCUT2D eigenvalue weighted by molar-refractivity contribution is 5.95. The summed E-state index contributed by atoms with van der Waals surface area (Å²) in [7, 11) is 2.94. The van der Waals surface area contributed by atoms with Gasteiger partial charge >= 0.3 is 11.9 Å². The summed E-state index contributed by atoms with van der Waals surface area (Å²) in [5.41, 5.74) is 0. The van der Waals surface area contributed by atoms with E-state index in [0.29, 0.717) is 32.1 Å². The maximum atomic E-state index is 14.2. The Morgan fingerprint density at radius 3 is 1.82 bits per heavy atom. The van der Waals surface area contributed by atoms with Crippen molar-refractivity contribution < 1.29 is 43.0 Å². The number of terminal acetylenes is 1. The number of hydrogen-bond acceptors (Lipinski definition) is 9. The Morgan fingerprint density at radius 2 is 1.29 bits per heavy atom. The summed E-state index contributed by atoms with van der Waals surface area (Å²) >= 11 is 0. The molecule has 7 atom stereocenters. The molecule has 2 rings (SSSR count). The molecular weight excluding hydrogens is 706 g/mol. The molecule has 0 aromatic rings. The Hall–Kier alpha value is -4.15. The standard InChI is InChI=1S/C41H67N5O9/c1-14-15-16-18-28-22-31(47)54-35(27(10)11)40(52)46-20-17-19-30(46)38(50)45(13)33(25(6)7)41(53)55-34(26(8)9)39(51)44(12)32(24(4)5)37(49)43-29(21-23(2)3)36(48)42-28/h1,23-30,32-35H,15-22H2,2-13H3,(H,42,48)(H,43,49)/t28?,29-,30-,32-,33-,34?,35-/m0/s1. The second-order valence-corrected chi connectivity index (χ2v) is 16.9. The van der Waals surface area contributed by atoms with Crippen LogP contribution >= 0.6 is 0 Å². The van der Waals surface area contributed by atoms with Gasteiger partial charge in [0.05, 0.1) is 6.42 Å². The zero-order valence-corrected chi connectivity index (χ0v) is 35.2. The molecule has 0 aromatic heterocycles. The molecule has 55 heavy (non-hydrogen) atoms. The Morgan fingerprint density at radius 1 is 0.727 bits per heavy atom. The smallest absolute Gasteiger partial charge is 0.329 e. The van der Waals surface area contributed by atoms with Crippen LogP contribution in [0.15, 0.2) is 0 Å². The lowest BCUT2D eigenvalue weighted by molar-refractivity contribution is -0.172. The molecule has 0 saturated carbocycles. The molecule has 0 aliphatic carbocycles. The normalized spacial score (nSPS) is 27.5. The van der Waals surface area contributed by atoms with Gasteiger partial charge in [-0.15, -0.1) is 12.3 Å². The maximum Gasteiger partial charge on any atom is 0.329 e. The number of carbonyl (C=O) groups excluding carboxylic acids is 7. The Labute approximate surface area is 328 Å². The first kappa shape index (κ1) is 47.0. The average Bonchev–Trinajstić information content (AvgIpc) is 3.57. The summed E-state index contributed by atoms with van der Waals surface area (Å²) in [6, 6.07) is -4.81. The molecule has 2 heterocycles. The number of unbranched alkanes of at least 4 members (excludes halogenated alkanes) is 1. The summed E-state index contributed by atoms with van der Waals surface area (Å²) in [6.07, 6.45) is 5.08. The minimum Gasteiger partial charge on any atom is -0.452 e. The minimum atomic E-state index is -1.29. The van der Waals surface area contributed by atoms with E-state index in [4.69, 9.17) is 15.9 Å². The van der Waals surface area contributed by atoms with Crippen molar-refractivity contribution in [1.29, 1.82) is 0 Å². The average molecular weight is 774 g/mol. The van der Waals surface area contributed by atoms with Gasteiger partial charge in [-0.2, -0.15) is 0 Å². The molecule has 0 aromatic carbocycles. The lowest BCUT2D eigenvalue weighted by atomic mass is 9.97. The monoisotopic (exact) mass is 773 g/mol. The van der Waals surface area contributed by atoms with E-state index < -0.39 is 108 Å². The molecule has 310 valence electrons. The highest BCUT2D eigenvalue weighted by Crippen LogP contribution is 2.26. The molecule has 2 aliphatic rings. The van der Waals surface area contributed by atoms with Crippen LogP contribution in [-0.4, -0.2) is 119 Å². The molecule has 2 unspecified atom stereocenters. The van der Waals surface area contributed by atoms with Gasteiger partial charge in [0, 0.05) is 33.1 Å². The van der Waals surface area contributed by atoms with Crippen molar-refractivity contribution in [2.75, 3.05) is 20.6 Å². The fourth-order valence-corrected chi connectivity index (χ4v) is 7.43. The topological polar surface area (TPSA) is 172 Å². The van der Waals surface area contributed by atoms with Gasteiger partial charge in [-0.05, 0) is 61.7 Å². The highest BCUT2D eigenvalue weighted by Gasteiger charge is 2.45. The number of amides is 5. The van der Waals surface area contributed by atoms with E-state index in [9.17, 15) is 33.6 Å². The first-order chi connectivity index (χ1) is 25.6. The summed E-state index contributed by atoms with van der Waals surface area (Å²) in [5.74, 6) is -3.48. The quantitative estimate of drug-likeness (QED) is 0.203. The van der Waals surface area contributed by atoms with E-state index >= 15 is 0 Å². The molecule has 5 amide bonds. The lowest BCUT2D eigenvalue weighted by Gasteiger charge is -2.37. The van der Waals surface area contributed by atoms with Gasteiger partial charge in [0.2, 0.25) is 17.7 Å². The number of nitrogens with zero attached hydrogens (tertiary/aromatic N) is 3. The molecule has 0 radical (unpaired) electrons. The van der Waals surface area contributed by atoms with E-state index in [-0.39, 0.29) is 25.3 Å². The second-order valence-electron chi connectivity index (χ2n) is 16.9. The number of ether oxygens (including phenoxy) is 2. The molecule has 0 spiro atoms. The molecule has 2 saturated heterocycles. The SMILES string of the molecule is C#CCCCC1CC(=O)O[C@@H](C(C)C)C(=O)N2CCC[C@H]2C(=O)N(C)[C@@H](C(C)C)C(=O)OC(C(C)C)C(=O)N(C)[C@@H](C(C)C)C(=O)N[C@@H](CC(C)C)C(=O)N1. The Kier molecular flexibility index (Phi) is 18.1. The molecular formula is C41H67N5O9. The molecule has 2 N–H and O–H groups in total. The molecule has 14 nitrogen and oxygen atoms in total. The van der Waals surface area contributed by atoms with Crippen LogP contribution in [-0.2, 0) is 43.0 Å². The van der Waals surface area contributed by atoms with Crippen LogP contribution < -0.4 is 10.6 Å². The minimum absolute atomic E-state index is 0.0211. The summed E-state index contributed by atoms with van der Waals surface area (Å²) < 4.78 is 11.8. The zero-order valence-electron chi connectivity index (χ0n) is 35.2. The van der Waals surface area contributed by atoms with E-state index in [1.807, 2.05) is 13.8 Å². The summed E-state index contributed by atoms with van der Waals surface area (Å²) in [6.45, 7) is 18.0. The van der Waals surface area contributed by atoms with Gasteiger partial charge in [-0.3, -0.25) is 28.8 Å². The van der Waals surface area contributed by atoms with Crippen LogP contribution in [0.2, 0.25) is 0 Å². The predicted octanol–water partition coefficient (Wildman–Crippen LogP) is 3.30. The first-order valence-electron chi connectivity index (χ1n) is 19.9. The van der Waals surface area contributed by atoms with Crippen LogP contribution in [0.25, 0.3) is 0 Å². The van der Waals surface area contributed by atoms with Crippen molar-refractivity contribution in [2.24, 2.45) is 29.6 Å². The number of rotatable bonds is 9. The van der Waals surface area contributed by atoms with Crippen molar-refractivity contribution in [3.63, 3.8) is 0 Å². The number of hydrogen-bond donors (Lipinski definition) is 2. The number of carbonyl (C=O) groups is 7. The Balaban J connectivity index is 2.72. The Bertz CT molecular complexity index is 1420. The van der Waals surface area contributed by atoms with Crippen molar-refractivity contribution in [3.05, 3.63) is 0 Å². The predicted molar refractivity (Wildman–Crippen MR) is 208 cm³/mol. The highest BCUT2D eigenvalue weighted by atomic mass is 16.6. The van der Waals surface area contributed by atoms with Crippen molar-refractivity contribution >= 4 is 41.5 Å². The first-order valence-corrected chi connectivity index (χ1v) is 19.9. The van der Waals surface area contributed by atoms with E-state index in [1.54, 1.807) is 55.4 Å². The summed E-state index contributed by atoms with van der Waals surface area (Å²) in [5, 5.41) is 5.78. The van der Waals surface area contributed by atoms with Gasteiger partial charge in [0.25, 0.3) is 11.8 Å². The van der Waals surface area contributed by atoms with E-state index in [0.717, 1.165) is 0 Å². The van der Waals surface area contributed by atoms with Crippen LogP contribution in [0.5, 0.6) is 0 Å². The number of nitrogens with one attached hydrogen (secondary N) is 2. The lowest BCUT2D eigenvalue weighted by Crippen LogP contribution is -2.59. The van der Waals surface area contributed by atoms with Crippen molar-refractivity contribution in [1.82, 2.24) is 25.3 Å². The van der Waals surface area contributed by atoms with E-state index in [1.165, 1.54) is 28.8 Å². The fourth-order valence-electron chi connectivity index (χ4n) is 7.43. The maximum absolute atomic E-state index is 14.2. The summed E-state index contributed by atoms with van der Waals surface area (Å²) in [4.78, 5) is 102.